The summed E-state index contributed by atoms with van der Waals surface area (Å²) in [7, 11) is 0. The molecule has 4 rings (SSSR count). The van der Waals surface area contributed by atoms with Gasteiger partial charge >= 0.3 is 11.9 Å². The Morgan fingerprint density at radius 3 is 2.42 bits per heavy atom. The average molecular weight is 531 g/mol. The molecule has 2 saturated carbocycles. The Labute approximate surface area is 224 Å². The first kappa shape index (κ1) is 28.7. The van der Waals surface area contributed by atoms with Gasteiger partial charge in [0, 0.05) is 41.1 Å². The molecule has 0 saturated heterocycles. The monoisotopic (exact) mass is 530 g/mol. The predicted molar refractivity (Wildman–Crippen MR) is 139 cm³/mol. The maximum absolute atomic E-state index is 13.3. The molecule has 0 spiro atoms. The molecular weight excluding hydrogens is 488 g/mol. The molecule has 38 heavy (non-hydrogen) atoms. The molecule has 0 radical (unpaired) electrons. The molecule has 0 heterocycles. The van der Waals surface area contributed by atoms with E-state index >= 15 is 0 Å². The second-order valence-electron chi connectivity index (χ2n) is 12.5. The molecule has 0 aromatic rings. The van der Waals surface area contributed by atoms with Gasteiger partial charge in [-0.05, 0) is 38.3 Å². The van der Waals surface area contributed by atoms with Crippen LogP contribution in [-0.2, 0) is 23.9 Å². The van der Waals surface area contributed by atoms with E-state index in [1.165, 1.54) is 0 Å². The molecule has 4 aliphatic carbocycles. The number of carbonyl (C=O) groups is 3. The highest BCUT2D eigenvalue weighted by molar-refractivity contribution is 6.04. The van der Waals surface area contributed by atoms with E-state index in [1.807, 2.05) is 20.8 Å². The largest absolute Gasteiger partial charge is 0.454 e. The van der Waals surface area contributed by atoms with Gasteiger partial charge in [0.25, 0.3) is 0 Å². The molecule has 0 unspecified atom stereocenters. The highest BCUT2D eigenvalue weighted by atomic mass is 16.6. The lowest BCUT2D eigenvalue weighted by atomic mass is 9.59. The highest BCUT2D eigenvalue weighted by Gasteiger charge is 2.88. The number of aliphatic hydroxyl groups is 3. The van der Waals surface area contributed by atoms with Crippen LogP contribution in [0.1, 0.15) is 68.2 Å². The van der Waals surface area contributed by atoms with E-state index in [-0.39, 0.29) is 12.3 Å². The first-order chi connectivity index (χ1) is 17.6. The third kappa shape index (κ3) is 3.56. The molecule has 9 atom stereocenters. The summed E-state index contributed by atoms with van der Waals surface area (Å²) in [5, 5.41) is 34.7. The van der Waals surface area contributed by atoms with Crippen LogP contribution < -0.4 is 0 Å². The van der Waals surface area contributed by atoms with Crippen molar-refractivity contribution in [1.82, 2.24) is 0 Å². The van der Waals surface area contributed by atoms with Gasteiger partial charge in [-0.3, -0.25) is 9.59 Å². The maximum Gasteiger partial charge on any atom is 0.333 e. The number of Topliss-reactive ketones (excluding diaryl/α,β-unsaturated/α-hetero) is 1. The number of ether oxygens (including phenoxy) is 2. The number of hydrogen-bond acceptors (Lipinski definition) is 8. The normalized spacial score (nSPS) is 42.0. The summed E-state index contributed by atoms with van der Waals surface area (Å²) in [6.45, 7) is 13.8. The van der Waals surface area contributed by atoms with Crippen LogP contribution in [0.5, 0.6) is 0 Å². The van der Waals surface area contributed by atoms with Crippen LogP contribution in [0.2, 0.25) is 0 Å². The third-order valence-corrected chi connectivity index (χ3v) is 10.2. The second-order valence-corrected chi connectivity index (χ2v) is 12.5. The molecule has 210 valence electrons. The van der Waals surface area contributed by atoms with Crippen molar-refractivity contribution in [3.8, 4) is 0 Å². The first-order valence-corrected chi connectivity index (χ1v) is 13.6. The smallest absolute Gasteiger partial charge is 0.333 e. The molecule has 0 aliphatic heterocycles. The zero-order chi connectivity index (χ0) is 28.6. The van der Waals surface area contributed by atoms with E-state index in [4.69, 9.17) is 9.47 Å². The summed E-state index contributed by atoms with van der Waals surface area (Å²) >= 11 is 0. The third-order valence-electron chi connectivity index (χ3n) is 10.2. The Morgan fingerprint density at radius 2 is 1.87 bits per heavy atom. The van der Waals surface area contributed by atoms with Crippen LogP contribution in [-0.4, -0.2) is 62.6 Å². The van der Waals surface area contributed by atoms with Gasteiger partial charge in [0.2, 0.25) is 0 Å². The van der Waals surface area contributed by atoms with Crippen molar-refractivity contribution in [2.45, 2.75) is 91.1 Å². The van der Waals surface area contributed by atoms with Crippen molar-refractivity contribution < 1.29 is 39.2 Å². The minimum absolute atomic E-state index is 0.124. The first-order valence-electron chi connectivity index (χ1n) is 13.6. The quantitative estimate of drug-likeness (QED) is 0.271. The number of ketones is 1. The van der Waals surface area contributed by atoms with Crippen LogP contribution in [0.15, 0.2) is 34.9 Å². The van der Waals surface area contributed by atoms with Crippen molar-refractivity contribution in [2.75, 3.05) is 6.61 Å². The summed E-state index contributed by atoms with van der Waals surface area (Å²) in [6, 6.07) is 0. The van der Waals surface area contributed by atoms with Gasteiger partial charge < -0.3 is 24.8 Å². The molecule has 2 fully saturated rings. The van der Waals surface area contributed by atoms with E-state index in [9.17, 15) is 29.7 Å². The van der Waals surface area contributed by atoms with Crippen molar-refractivity contribution in [1.29, 1.82) is 0 Å². The van der Waals surface area contributed by atoms with Gasteiger partial charge in [0.05, 0.1) is 18.1 Å². The number of hydrogen-bond donors (Lipinski definition) is 3. The molecule has 4 aliphatic rings. The Morgan fingerprint density at radius 1 is 1.24 bits per heavy atom. The zero-order valence-electron chi connectivity index (χ0n) is 23.7. The van der Waals surface area contributed by atoms with Crippen molar-refractivity contribution in [3.63, 3.8) is 0 Å². The second kappa shape index (κ2) is 9.14. The van der Waals surface area contributed by atoms with Crippen LogP contribution in [0, 0.1) is 35.0 Å². The van der Waals surface area contributed by atoms with Gasteiger partial charge in [-0.25, -0.2) is 4.79 Å². The fourth-order valence-electron chi connectivity index (χ4n) is 7.58. The number of allylic oxidation sites excluding steroid dienone is 1. The highest BCUT2D eigenvalue weighted by Crippen LogP contribution is 2.77. The fraction of sp³-hybridized carbons (Fsp3) is 0.700. The van der Waals surface area contributed by atoms with Crippen molar-refractivity contribution >= 4 is 17.7 Å². The Kier molecular flexibility index (Phi) is 6.90. The standard InChI is InChI=1S/C30H42O8/c1-9-15(3)25(33)37-24-18(6)29(36)20(22-27(7,8)30(22,24)38-26(34)16(4)10-2)12-19(14-31)13-28(35)21(29)11-17(5)23(28)32/h9,11-12,16,18,20-22,24,31,35-36H,10,13-14H2,1-8H3/b15-9+/t16-,18+,20-,21+,22+,24+,28+,29+,30+/m0/s1. The molecular formula is C30H42O8. The van der Waals surface area contributed by atoms with Gasteiger partial charge in [-0.1, -0.05) is 52.8 Å². The molecule has 8 heteroatoms. The van der Waals surface area contributed by atoms with E-state index in [1.54, 1.807) is 52.8 Å². The number of rotatable bonds is 6. The van der Waals surface area contributed by atoms with Gasteiger partial charge in [0.1, 0.15) is 11.7 Å². The summed E-state index contributed by atoms with van der Waals surface area (Å²) in [6.07, 6.45) is 4.40. The molecule has 3 N–H and O–H groups in total. The van der Waals surface area contributed by atoms with Crippen LogP contribution in [0.3, 0.4) is 0 Å². The molecule has 8 nitrogen and oxygen atoms in total. The minimum atomic E-state index is -1.95. The van der Waals surface area contributed by atoms with Gasteiger partial charge in [0.15, 0.2) is 11.4 Å². The van der Waals surface area contributed by atoms with Crippen LogP contribution >= 0.6 is 0 Å². The number of esters is 2. The lowest BCUT2D eigenvalue weighted by molar-refractivity contribution is -0.228. The number of aliphatic hydroxyl groups excluding tert-OH is 1. The zero-order valence-corrected chi connectivity index (χ0v) is 23.7. The van der Waals surface area contributed by atoms with Gasteiger partial charge in [-0.2, -0.15) is 0 Å². The van der Waals surface area contributed by atoms with Crippen LogP contribution in [0.25, 0.3) is 0 Å². The van der Waals surface area contributed by atoms with Crippen molar-refractivity contribution in [2.24, 2.45) is 35.0 Å². The summed E-state index contributed by atoms with van der Waals surface area (Å²) in [5.41, 5.74) is -4.51. The molecule has 0 amide bonds. The molecule has 0 aromatic carbocycles. The Bertz CT molecular complexity index is 1150. The Hall–Kier alpha value is -2.29. The molecule has 0 aromatic heterocycles. The fourth-order valence-corrected chi connectivity index (χ4v) is 7.58. The topological polar surface area (TPSA) is 130 Å². The minimum Gasteiger partial charge on any atom is -0.454 e. The number of carbonyl (C=O) groups excluding carboxylic acids is 3. The predicted octanol–water partition coefficient (Wildman–Crippen LogP) is 3.04. The van der Waals surface area contributed by atoms with E-state index in [0.717, 1.165) is 0 Å². The lowest BCUT2D eigenvalue weighted by Gasteiger charge is -2.53. The summed E-state index contributed by atoms with van der Waals surface area (Å²) < 4.78 is 12.4. The van der Waals surface area contributed by atoms with E-state index < -0.39 is 76.3 Å². The SMILES string of the molecule is C/C=C(\C)C(=O)O[C@@H]1[C@@H](C)[C@@]2(O)[C@@H](C=C(CO)C[C@]3(O)C(=O)C(C)=C[C@@H]23)[C@@H]2C(C)(C)[C@]12OC(=O)[C@@H](C)CC. The van der Waals surface area contributed by atoms with E-state index in [0.29, 0.717) is 23.1 Å². The average Bonchev–Trinajstić information content (AvgIpc) is 3.30. The van der Waals surface area contributed by atoms with Crippen LogP contribution in [0.4, 0.5) is 0 Å². The van der Waals surface area contributed by atoms with E-state index in [2.05, 4.69) is 0 Å². The Balaban J connectivity index is 1.95. The number of fused-ring (bicyclic) bond motifs is 5. The summed E-state index contributed by atoms with van der Waals surface area (Å²) in [4.78, 5) is 39.6. The van der Waals surface area contributed by atoms with Gasteiger partial charge in [-0.15, -0.1) is 0 Å². The molecule has 0 bridgehead atoms. The lowest BCUT2D eigenvalue weighted by Crippen LogP contribution is -2.66. The van der Waals surface area contributed by atoms with Crippen molar-refractivity contribution in [3.05, 3.63) is 34.9 Å². The summed E-state index contributed by atoms with van der Waals surface area (Å²) in [5.74, 6) is -4.91. The maximum atomic E-state index is 13.3.